The molecular formula is C8H16BrNO4S2. The second kappa shape index (κ2) is 5.32. The van der Waals surface area contributed by atoms with Gasteiger partial charge in [-0.15, -0.1) is 0 Å². The van der Waals surface area contributed by atoms with Crippen molar-refractivity contribution in [3.63, 3.8) is 0 Å². The van der Waals surface area contributed by atoms with E-state index >= 15 is 0 Å². The van der Waals surface area contributed by atoms with Crippen LogP contribution in [0.3, 0.4) is 0 Å². The van der Waals surface area contributed by atoms with E-state index in [1.54, 1.807) is 0 Å². The molecule has 2 atom stereocenters. The second-order valence-corrected chi connectivity index (χ2v) is 9.70. The number of halogens is 1. The molecule has 1 aliphatic rings. The molecule has 0 aliphatic heterocycles. The second-order valence-electron chi connectivity index (χ2n) is 4.21. The van der Waals surface area contributed by atoms with Gasteiger partial charge in [-0.1, -0.05) is 22.4 Å². The topological polar surface area (TPSA) is 80.3 Å². The van der Waals surface area contributed by atoms with Crippen molar-refractivity contribution in [3.8, 4) is 0 Å². The van der Waals surface area contributed by atoms with Crippen LogP contribution in [-0.4, -0.2) is 39.5 Å². The Bertz CT molecular complexity index is 431. The minimum atomic E-state index is -3.71. The van der Waals surface area contributed by atoms with Crippen LogP contribution in [0.5, 0.6) is 0 Å². The van der Waals surface area contributed by atoms with E-state index < -0.39 is 24.9 Å². The van der Waals surface area contributed by atoms with Crippen molar-refractivity contribution in [3.05, 3.63) is 0 Å². The van der Waals surface area contributed by atoms with Crippen LogP contribution in [0.2, 0.25) is 0 Å². The third-order valence-electron chi connectivity index (χ3n) is 2.50. The Balaban J connectivity index is 2.48. The number of nitrogens with one attached hydrogen (secondary N) is 1. The minimum Gasteiger partial charge on any atom is -0.228 e. The highest BCUT2D eigenvalue weighted by Crippen LogP contribution is 2.30. The lowest BCUT2D eigenvalue weighted by Crippen LogP contribution is -2.34. The first-order valence-corrected chi connectivity index (χ1v) is 9.61. The Hall–Kier alpha value is 0.340. The van der Waals surface area contributed by atoms with Gasteiger partial charge in [-0.05, 0) is 18.8 Å². The van der Waals surface area contributed by atoms with Gasteiger partial charge in [0.1, 0.15) is 0 Å². The molecule has 8 heteroatoms. The van der Waals surface area contributed by atoms with Gasteiger partial charge in [0.2, 0.25) is 10.0 Å². The standard InChI is InChI=1S/C8H16BrNO4S2/c1-15(11,12)6-16(13,14)10-5-7-3-2-4-8(7)9/h7-8,10H,2-6H2,1H3. The van der Waals surface area contributed by atoms with Crippen molar-refractivity contribution in [2.24, 2.45) is 5.92 Å². The maximum absolute atomic E-state index is 11.4. The molecule has 0 radical (unpaired) electrons. The Morgan fingerprint density at radius 2 is 1.88 bits per heavy atom. The highest BCUT2D eigenvalue weighted by Gasteiger charge is 2.27. The van der Waals surface area contributed by atoms with Crippen LogP contribution in [0, 0.1) is 5.92 Å². The number of hydrogen-bond acceptors (Lipinski definition) is 4. The predicted molar refractivity (Wildman–Crippen MR) is 66.7 cm³/mol. The summed E-state index contributed by atoms with van der Waals surface area (Å²) in [6.07, 6.45) is 4.00. The molecule has 1 saturated carbocycles. The number of alkyl halides is 1. The molecule has 0 amide bonds. The van der Waals surface area contributed by atoms with Gasteiger partial charge in [0.05, 0.1) is 0 Å². The van der Waals surface area contributed by atoms with Crippen molar-refractivity contribution in [2.75, 3.05) is 17.9 Å². The lowest BCUT2D eigenvalue weighted by Gasteiger charge is -2.14. The maximum Gasteiger partial charge on any atom is 0.226 e. The Morgan fingerprint density at radius 1 is 1.25 bits per heavy atom. The molecule has 0 aromatic carbocycles. The fourth-order valence-corrected chi connectivity index (χ4v) is 5.61. The summed E-state index contributed by atoms with van der Waals surface area (Å²) in [7, 11) is -7.21. The van der Waals surface area contributed by atoms with Crippen LogP contribution in [0.15, 0.2) is 0 Å². The summed E-state index contributed by atoms with van der Waals surface area (Å²) in [6, 6.07) is 0. The van der Waals surface area contributed by atoms with Crippen molar-refractivity contribution in [2.45, 2.75) is 24.1 Å². The predicted octanol–water partition coefficient (Wildman–Crippen LogP) is 0.472. The fourth-order valence-electron chi connectivity index (χ4n) is 1.78. The number of sulfone groups is 1. The zero-order valence-electron chi connectivity index (χ0n) is 9.02. The first-order chi connectivity index (χ1) is 7.20. The van der Waals surface area contributed by atoms with Crippen LogP contribution >= 0.6 is 15.9 Å². The van der Waals surface area contributed by atoms with Crippen molar-refractivity contribution >= 4 is 35.8 Å². The highest BCUT2D eigenvalue weighted by molar-refractivity contribution is 9.09. The largest absolute Gasteiger partial charge is 0.228 e. The summed E-state index contributed by atoms with van der Waals surface area (Å²) in [4.78, 5) is 0.327. The molecule has 1 rings (SSSR count). The monoisotopic (exact) mass is 333 g/mol. The normalized spacial score (nSPS) is 27.1. The lowest BCUT2D eigenvalue weighted by molar-refractivity contribution is 0.531. The summed E-state index contributed by atoms with van der Waals surface area (Å²) in [6.45, 7) is 0.313. The minimum absolute atomic E-state index is 0.259. The maximum atomic E-state index is 11.4. The quantitative estimate of drug-likeness (QED) is 0.741. The molecule has 0 saturated heterocycles. The molecule has 1 N–H and O–H groups in total. The Morgan fingerprint density at radius 3 is 2.31 bits per heavy atom. The lowest BCUT2D eigenvalue weighted by atomic mass is 10.1. The molecule has 1 fully saturated rings. The van der Waals surface area contributed by atoms with Crippen molar-refractivity contribution < 1.29 is 16.8 Å². The van der Waals surface area contributed by atoms with Crippen molar-refractivity contribution in [1.29, 1.82) is 0 Å². The Labute approximate surface area is 105 Å². The average molecular weight is 334 g/mol. The molecule has 0 bridgehead atoms. The molecule has 0 aromatic rings. The van der Waals surface area contributed by atoms with Gasteiger partial charge in [-0.2, -0.15) is 0 Å². The first kappa shape index (κ1) is 14.4. The zero-order valence-corrected chi connectivity index (χ0v) is 12.2. The van der Waals surface area contributed by atoms with Gasteiger partial charge >= 0.3 is 0 Å². The molecule has 0 aromatic heterocycles. The van der Waals surface area contributed by atoms with Crippen LogP contribution in [-0.2, 0) is 19.9 Å². The highest BCUT2D eigenvalue weighted by atomic mass is 79.9. The van der Waals surface area contributed by atoms with E-state index in [1.807, 2.05) is 0 Å². The van der Waals surface area contributed by atoms with Gasteiger partial charge in [-0.3, -0.25) is 0 Å². The molecule has 0 spiro atoms. The smallest absolute Gasteiger partial charge is 0.226 e. The summed E-state index contributed by atoms with van der Waals surface area (Å²) < 4.78 is 46.9. The van der Waals surface area contributed by atoms with E-state index in [2.05, 4.69) is 20.7 Å². The third kappa shape index (κ3) is 5.11. The van der Waals surface area contributed by atoms with Gasteiger partial charge in [0.25, 0.3) is 0 Å². The molecule has 2 unspecified atom stereocenters. The van der Waals surface area contributed by atoms with E-state index in [9.17, 15) is 16.8 Å². The van der Waals surface area contributed by atoms with Gasteiger partial charge in [-0.25, -0.2) is 21.6 Å². The van der Waals surface area contributed by atoms with Gasteiger partial charge in [0.15, 0.2) is 14.9 Å². The first-order valence-electron chi connectivity index (χ1n) is 4.99. The summed E-state index contributed by atoms with van der Waals surface area (Å²) in [5, 5.41) is -0.834. The third-order valence-corrected chi connectivity index (χ3v) is 7.27. The zero-order chi connectivity index (χ0) is 12.4. The van der Waals surface area contributed by atoms with E-state index in [0.29, 0.717) is 11.4 Å². The number of hydrogen-bond donors (Lipinski definition) is 1. The summed E-state index contributed by atoms with van der Waals surface area (Å²) in [5.74, 6) is 0.259. The molecule has 96 valence electrons. The van der Waals surface area contributed by atoms with Crippen molar-refractivity contribution in [1.82, 2.24) is 4.72 Å². The molecule has 1 aliphatic carbocycles. The SMILES string of the molecule is CS(=O)(=O)CS(=O)(=O)NCC1CCCC1Br. The van der Waals surface area contributed by atoms with Crippen LogP contribution in [0.4, 0.5) is 0 Å². The van der Waals surface area contributed by atoms with E-state index in [0.717, 1.165) is 25.5 Å². The molecule has 16 heavy (non-hydrogen) atoms. The number of rotatable bonds is 5. The Kier molecular flexibility index (Phi) is 4.79. The number of sulfonamides is 1. The van der Waals surface area contributed by atoms with Gasteiger partial charge in [0, 0.05) is 17.6 Å². The van der Waals surface area contributed by atoms with E-state index in [-0.39, 0.29) is 5.92 Å². The molecule has 5 nitrogen and oxygen atoms in total. The van der Waals surface area contributed by atoms with Gasteiger partial charge < -0.3 is 0 Å². The molecule has 0 heterocycles. The molecular weight excluding hydrogens is 318 g/mol. The summed E-state index contributed by atoms with van der Waals surface area (Å²) in [5.41, 5.74) is 0. The van der Waals surface area contributed by atoms with E-state index in [1.165, 1.54) is 0 Å². The van der Waals surface area contributed by atoms with Crippen LogP contribution in [0.25, 0.3) is 0 Å². The average Bonchev–Trinajstić information content (AvgIpc) is 2.43. The van der Waals surface area contributed by atoms with Crippen LogP contribution in [0.1, 0.15) is 19.3 Å². The van der Waals surface area contributed by atoms with E-state index in [4.69, 9.17) is 0 Å². The fraction of sp³-hybridized carbons (Fsp3) is 1.00. The van der Waals surface area contributed by atoms with Crippen LogP contribution < -0.4 is 4.72 Å². The summed E-state index contributed by atoms with van der Waals surface area (Å²) >= 11 is 3.48.